The van der Waals surface area contributed by atoms with Crippen molar-refractivity contribution in [3.8, 4) is 0 Å². The lowest BCUT2D eigenvalue weighted by Crippen LogP contribution is -2.41. The normalized spacial score (nSPS) is 18.6. The summed E-state index contributed by atoms with van der Waals surface area (Å²) in [5.41, 5.74) is 5.68. The highest BCUT2D eigenvalue weighted by molar-refractivity contribution is 5.84. The van der Waals surface area contributed by atoms with Gasteiger partial charge in [-0.2, -0.15) is 0 Å². The van der Waals surface area contributed by atoms with Crippen LogP contribution in [0.3, 0.4) is 0 Å². The fourth-order valence-corrected chi connectivity index (χ4v) is 2.59. The van der Waals surface area contributed by atoms with Crippen LogP contribution in [-0.4, -0.2) is 25.0 Å². The summed E-state index contributed by atoms with van der Waals surface area (Å²) >= 11 is 0. The van der Waals surface area contributed by atoms with E-state index in [1.54, 1.807) is 0 Å². The van der Waals surface area contributed by atoms with E-state index in [9.17, 15) is 13.6 Å². The number of nitrogens with two attached hydrogens (primary N) is 1. The standard InChI is InChI=1S/C14H19F2N3O/c1-2-18-8-9-6-10(15)13(11(16)7-9)19-5-3-4-12(19)14(17)20/h6-7,12,18H,2-5,8H2,1H3,(H2,17,20). The number of rotatable bonds is 5. The van der Waals surface area contributed by atoms with Gasteiger partial charge in [0.1, 0.15) is 23.4 Å². The number of nitrogens with zero attached hydrogens (tertiary/aromatic N) is 1. The summed E-state index contributed by atoms with van der Waals surface area (Å²) in [5.74, 6) is -1.84. The van der Waals surface area contributed by atoms with Crippen molar-refractivity contribution in [1.29, 1.82) is 0 Å². The molecule has 0 saturated carbocycles. The molecular formula is C14H19F2N3O. The van der Waals surface area contributed by atoms with Crippen molar-refractivity contribution in [3.05, 3.63) is 29.3 Å². The highest BCUT2D eigenvalue weighted by Crippen LogP contribution is 2.31. The van der Waals surface area contributed by atoms with Crippen LogP contribution in [-0.2, 0) is 11.3 Å². The molecule has 1 fully saturated rings. The molecule has 1 saturated heterocycles. The van der Waals surface area contributed by atoms with Crippen molar-refractivity contribution in [1.82, 2.24) is 5.32 Å². The molecule has 1 aliphatic rings. The van der Waals surface area contributed by atoms with Crippen molar-refractivity contribution in [2.75, 3.05) is 18.0 Å². The summed E-state index contributed by atoms with van der Waals surface area (Å²) in [4.78, 5) is 12.8. The number of primary amides is 1. The van der Waals surface area contributed by atoms with Crippen molar-refractivity contribution < 1.29 is 13.6 Å². The highest BCUT2D eigenvalue weighted by Gasteiger charge is 2.32. The molecule has 6 heteroatoms. The van der Waals surface area contributed by atoms with Gasteiger partial charge in [0.25, 0.3) is 0 Å². The van der Waals surface area contributed by atoms with Gasteiger partial charge in [-0.1, -0.05) is 6.92 Å². The lowest BCUT2D eigenvalue weighted by Gasteiger charge is -2.25. The van der Waals surface area contributed by atoms with Crippen LogP contribution in [0.25, 0.3) is 0 Å². The zero-order valence-corrected chi connectivity index (χ0v) is 11.5. The van der Waals surface area contributed by atoms with Crippen LogP contribution in [0.2, 0.25) is 0 Å². The van der Waals surface area contributed by atoms with E-state index in [1.165, 1.54) is 17.0 Å². The van der Waals surface area contributed by atoms with Gasteiger partial charge in [0.15, 0.2) is 0 Å². The van der Waals surface area contributed by atoms with Crippen molar-refractivity contribution in [2.45, 2.75) is 32.4 Å². The monoisotopic (exact) mass is 283 g/mol. The van der Waals surface area contributed by atoms with Crippen LogP contribution in [0, 0.1) is 11.6 Å². The van der Waals surface area contributed by atoms with Crippen LogP contribution < -0.4 is 16.0 Å². The molecule has 0 aliphatic carbocycles. The minimum atomic E-state index is -0.647. The number of carbonyl (C=O) groups is 1. The minimum absolute atomic E-state index is 0.147. The SMILES string of the molecule is CCNCc1cc(F)c(N2CCCC2C(N)=O)c(F)c1. The number of hydrogen-bond donors (Lipinski definition) is 2. The third-order valence-electron chi connectivity index (χ3n) is 3.52. The maximum Gasteiger partial charge on any atom is 0.240 e. The summed E-state index contributed by atoms with van der Waals surface area (Å²) < 4.78 is 28.3. The number of halogens is 2. The fraction of sp³-hybridized carbons (Fsp3) is 0.500. The molecule has 0 spiro atoms. The summed E-state index contributed by atoms with van der Waals surface area (Å²) in [6, 6.07) is 1.98. The topological polar surface area (TPSA) is 58.4 Å². The lowest BCUT2D eigenvalue weighted by molar-refractivity contribution is -0.119. The Hall–Kier alpha value is -1.69. The molecule has 1 aromatic carbocycles. The molecule has 2 rings (SSSR count). The molecular weight excluding hydrogens is 264 g/mol. The van der Waals surface area contributed by atoms with Crippen LogP contribution in [0.4, 0.5) is 14.5 Å². The number of anilines is 1. The summed E-state index contributed by atoms with van der Waals surface area (Å²) in [5, 5.41) is 3.01. The third kappa shape index (κ3) is 2.90. The average molecular weight is 283 g/mol. The van der Waals surface area contributed by atoms with Gasteiger partial charge in [0, 0.05) is 13.1 Å². The predicted molar refractivity (Wildman–Crippen MR) is 73.3 cm³/mol. The first-order valence-electron chi connectivity index (χ1n) is 6.79. The second kappa shape index (κ2) is 6.17. The zero-order chi connectivity index (χ0) is 14.7. The molecule has 1 atom stereocenters. The smallest absolute Gasteiger partial charge is 0.240 e. The molecule has 1 aliphatic heterocycles. The molecule has 4 nitrogen and oxygen atoms in total. The Kier molecular flexibility index (Phi) is 4.54. The van der Waals surface area contributed by atoms with Gasteiger partial charge >= 0.3 is 0 Å². The first-order valence-corrected chi connectivity index (χ1v) is 6.79. The molecule has 0 aromatic heterocycles. The van der Waals surface area contributed by atoms with E-state index in [-0.39, 0.29) is 5.69 Å². The number of nitrogens with one attached hydrogen (secondary N) is 1. The first-order chi connectivity index (χ1) is 9.54. The van der Waals surface area contributed by atoms with Crippen molar-refractivity contribution in [2.24, 2.45) is 5.73 Å². The maximum atomic E-state index is 14.2. The van der Waals surface area contributed by atoms with E-state index in [1.807, 2.05) is 6.92 Å². The van der Waals surface area contributed by atoms with Gasteiger partial charge in [-0.05, 0) is 37.1 Å². The highest BCUT2D eigenvalue weighted by atomic mass is 19.1. The van der Waals surface area contributed by atoms with Crippen LogP contribution >= 0.6 is 0 Å². The Morgan fingerprint density at radius 3 is 2.65 bits per heavy atom. The lowest BCUT2D eigenvalue weighted by atomic mass is 10.1. The zero-order valence-electron chi connectivity index (χ0n) is 11.5. The number of benzene rings is 1. The van der Waals surface area contributed by atoms with E-state index in [0.29, 0.717) is 31.5 Å². The molecule has 1 heterocycles. The second-order valence-corrected chi connectivity index (χ2v) is 4.94. The Morgan fingerprint density at radius 2 is 2.10 bits per heavy atom. The van der Waals surface area contributed by atoms with E-state index >= 15 is 0 Å². The Labute approximate surface area is 116 Å². The van der Waals surface area contributed by atoms with Gasteiger partial charge in [-0.25, -0.2) is 8.78 Å². The van der Waals surface area contributed by atoms with Crippen LogP contribution in [0.1, 0.15) is 25.3 Å². The summed E-state index contributed by atoms with van der Waals surface area (Å²) in [6.45, 7) is 3.49. The molecule has 20 heavy (non-hydrogen) atoms. The molecule has 1 amide bonds. The van der Waals surface area contributed by atoms with Gasteiger partial charge < -0.3 is 16.0 Å². The molecule has 0 radical (unpaired) electrons. The molecule has 0 bridgehead atoms. The Balaban J connectivity index is 2.30. The first kappa shape index (κ1) is 14.7. The Morgan fingerprint density at radius 1 is 1.45 bits per heavy atom. The van der Waals surface area contributed by atoms with Gasteiger partial charge in [-0.15, -0.1) is 0 Å². The molecule has 1 aromatic rings. The fourth-order valence-electron chi connectivity index (χ4n) is 2.59. The number of amides is 1. The molecule has 110 valence electrons. The molecule has 3 N–H and O–H groups in total. The van der Waals surface area contributed by atoms with Gasteiger partial charge in [0.2, 0.25) is 5.91 Å². The van der Waals surface area contributed by atoms with E-state index in [4.69, 9.17) is 5.73 Å². The van der Waals surface area contributed by atoms with Crippen LogP contribution in [0.15, 0.2) is 12.1 Å². The minimum Gasteiger partial charge on any atom is -0.368 e. The number of hydrogen-bond acceptors (Lipinski definition) is 3. The third-order valence-corrected chi connectivity index (χ3v) is 3.52. The van der Waals surface area contributed by atoms with Gasteiger partial charge in [-0.3, -0.25) is 4.79 Å². The number of carbonyl (C=O) groups excluding carboxylic acids is 1. The molecule has 1 unspecified atom stereocenters. The largest absolute Gasteiger partial charge is 0.368 e. The predicted octanol–water partition coefficient (Wildman–Crippen LogP) is 1.53. The maximum absolute atomic E-state index is 14.2. The van der Waals surface area contributed by atoms with E-state index in [0.717, 1.165) is 6.54 Å². The Bertz CT molecular complexity index is 484. The van der Waals surface area contributed by atoms with E-state index < -0.39 is 23.6 Å². The summed E-state index contributed by atoms with van der Waals surface area (Å²) in [6.07, 6.45) is 1.24. The van der Waals surface area contributed by atoms with Gasteiger partial charge in [0.05, 0.1) is 0 Å². The van der Waals surface area contributed by atoms with E-state index in [2.05, 4.69) is 5.32 Å². The van der Waals surface area contributed by atoms with Crippen molar-refractivity contribution >= 4 is 11.6 Å². The van der Waals surface area contributed by atoms with Crippen molar-refractivity contribution in [3.63, 3.8) is 0 Å². The second-order valence-electron chi connectivity index (χ2n) is 4.94. The average Bonchev–Trinajstić information content (AvgIpc) is 2.84. The quantitative estimate of drug-likeness (QED) is 0.861. The summed E-state index contributed by atoms with van der Waals surface area (Å²) in [7, 11) is 0. The van der Waals surface area contributed by atoms with Crippen LogP contribution in [0.5, 0.6) is 0 Å².